The summed E-state index contributed by atoms with van der Waals surface area (Å²) in [6.45, 7) is 0.510. The molecule has 9 heteroatoms. The van der Waals surface area contributed by atoms with E-state index in [9.17, 15) is 28.3 Å². The highest BCUT2D eigenvalue weighted by Gasteiger charge is 2.59. The summed E-state index contributed by atoms with van der Waals surface area (Å²) >= 11 is 0. The third kappa shape index (κ3) is 3.97. The van der Waals surface area contributed by atoms with Crippen LogP contribution in [0.1, 0.15) is 55.3 Å². The number of amides is 2. The molecule has 3 fully saturated rings. The van der Waals surface area contributed by atoms with E-state index in [1.54, 1.807) is 23.0 Å². The van der Waals surface area contributed by atoms with Crippen molar-refractivity contribution in [3.05, 3.63) is 58.5 Å². The van der Waals surface area contributed by atoms with Crippen LogP contribution >= 0.6 is 0 Å². The molecule has 1 aromatic heterocycles. The molecule has 1 aromatic carbocycles. The van der Waals surface area contributed by atoms with Gasteiger partial charge < -0.3 is 19.5 Å². The lowest BCUT2D eigenvalue weighted by molar-refractivity contribution is -0.164. The lowest BCUT2D eigenvalue weighted by Crippen LogP contribution is -2.63. The number of carbonyl (C=O) groups is 2. The van der Waals surface area contributed by atoms with E-state index in [0.29, 0.717) is 30.4 Å². The van der Waals surface area contributed by atoms with Gasteiger partial charge in [0.25, 0.3) is 11.5 Å². The summed E-state index contributed by atoms with van der Waals surface area (Å²) in [6, 6.07) is 10.6. The molecule has 7 nitrogen and oxygen atoms in total. The summed E-state index contributed by atoms with van der Waals surface area (Å²) in [5, 5.41) is 12.2. The van der Waals surface area contributed by atoms with E-state index in [-0.39, 0.29) is 62.3 Å². The summed E-state index contributed by atoms with van der Waals surface area (Å²) in [5.41, 5.74) is -0.585. The average molecular weight is 526 g/mol. The van der Waals surface area contributed by atoms with Crippen LogP contribution in [0.15, 0.2) is 47.4 Å². The van der Waals surface area contributed by atoms with E-state index in [4.69, 9.17) is 0 Å². The zero-order chi connectivity index (χ0) is 26.9. The number of aliphatic hydroxyl groups is 1. The molecule has 202 valence electrons. The fourth-order valence-electron chi connectivity index (χ4n) is 7.39. The van der Waals surface area contributed by atoms with Gasteiger partial charge in [-0.3, -0.25) is 14.4 Å². The van der Waals surface area contributed by atoms with Gasteiger partial charge in [-0.2, -0.15) is 0 Å². The van der Waals surface area contributed by atoms with Crippen molar-refractivity contribution >= 4 is 11.8 Å². The number of hydrogen-bond acceptors (Lipinski definition) is 4. The summed E-state index contributed by atoms with van der Waals surface area (Å²) in [7, 11) is 1.75. The smallest absolute Gasteiger partial charge is 0.255 e. The Morgan fingerprint density at radius 1 is 1.00 bits per heavy atom. The number of benzene rings is 1. The third-order valence-corrected chi connectivity index (χ3v) is 9.66. The second-order valence-corrected chi connectivity index (χ2v) is 11.9. The SMILES string of the molecule is CN1C(=O)c2cn(c(=O)cc2-c2ccccc2)CC2(O)CCN(C(=O)C3CCC(F)(F)C3)CC23CCC1C3. The lowest BCUT2D eigenvalue weighted by atomic mass is 9.65. The number of fused-ring (bicyclic) bond motifs is 3. The molecule has 1 spiro atoms. The Balaban J connectivity index is 1.38. The van der Waals surface area contributed by atoms with Gasteiger partial charge in [-0.1, -0.05) is 30.3 Å². The largest absolute Gasteiger partial charge is 0.387 e. The molecule has 2 aromatic rings. The predicted octanol–water partition coefficient (Wildman–Crippen LogP) is 3.54. The lowest BCUT2D eigenvalue weighted by Gasteiger charge is -2.53. The van der Waals surface area contributed by atoms with Crippen molar-refractivity contribution in [1.82, 2.24) is 14.4 Å². The Morgan fingerprint density at radius 2 is 1.76 bits per heavy atom. The summed E-state index contributed by atoms with van der Waals surface area (Å²) in [6.07, 6.45) is 3.00. The highest BCUT2D eigenvalue weighted by molar-refractivity contribution is 6.00. The molecule has 4 bridgehead atoms. The van der Waals surface area contributed by atoms with Crippen LogP contribution in [0.4, 0.5) is 8.78 Å². The van der Waals surface area contributed by atoms with Crippen LogP contribution in [-0.2, 0) is 11.3 Å². The fourth-order valence-corrected chi connectivity index (χ4v) is 7.39. The Bertz CT molecular complexity index is 1350. The molecule has 1 saturated heterocycles. The number of alkyl halides is 2. The first kappa shape index (κ1) is 25.2. The van der Waals surface area contributed by atoms with Crippen molar-refractivity contribution in [2.24, 2.45) is 11.3 Å². The van der Waals surface area contributed by atoms with Crippen LogP contribution in [0, 0.1) is 11.3 Å². The molecular weight excluding hydrogens is 492 g/mol. The van der Waals surface area contributed by atoms with Crippen molar-refractivity contribution in [1.29, 1.82) is 0 Å². The number of pyridine rings is 1. The Labute approximate surface area is 220 Å². The van der Waals surface area contributed by atoms with Crippen LogP contribution in [0.5, 0.6) is 0 Å². The molecule has 4 unspecified atom stereocenters. The molecule has 4 atom stereocenters. The first-order valence-electron chi connectivity index (χ1n) is 13.5. The van der Waals surface area contributed by atoms with E-state index in [0.717, 1.165) is 5.56 Å². The summed E-state index contributed by atoms with van der Waals surface area (Å²) in [5.74, 6) is -3.97. The molecule has 38 heavy (non-hydrogen) atoms. The number of likely N-dealkylation sites (tertiary alicyclic amines) is 1. The van der Waals surface area contributed by atoms with Crippen molar-refractivity contribution < 1.29 is 23.5 Å². The van der Waals surface area contributed by atoms with Gasteiger partial charge in [0.05, 0.1) is 17.7 Å². The fraction of sp³-hybridized carbons (Fsp3) is 0.552. The quantitative estimate of drug-likeness (QED) is 0.650. The maximum atomic E-state index is 13.9. The molecule has 4 aliphatic rings. The van der Waals surface area contributed by atoms with Crippen molar-refractivity contribution in [3.63, 3.8) is 0 Å². The van der Waals surface area contributed by atoms with Crippen LogP contribution < -0.4 is 5.56 Å². The van der Waals surface area contributed by atoms with Crippen LogP contribution in [0.3, 0.4) is 0 Å². The third-order valence-electron chi connectivity index (χ3n) is 9.66. The van der Waals surface area contributed by atoms with E-state index in [2.05, 4.69) is 0 Å². The van der Waals surface area contributed by atoms with Gasteiger partial charge in [0.15, 0.2) is 0 Å². The predicted molar refractivity (Wildman–Crippen MR) is 137 cm³/mol. The Morgan fingerprint density at radius 3 is 2.47 bits per heavy atom. The first-order valence-corrected chi connectivity index (χ1v) is 13.5. The van der Waals surface area contributed by atoms with Crippen LogP contribution in [-0.4, -0.2) is 69.0 Å². The monoisotopic (exact) mass is 525 g/mol. The minimum absolute atomic E-state index is 0.0150. The van der Waals surface area contributed by atoms with Crippen molar-refractivity contribution in [2.75, 3.05) is 20.1 Å². The summed E-state index contributed by atoms with van der Waals surface area (Å²) < 4.78 is 29.1. The number of nitrogens with zero attached hydrogens (tertiary/aromatic N) is 3. The average Bonchev–Trinajstić information content (AvgIpc) is 3.49. The molecular formula is C29H33F2N3O4. The standard InChI is InChI=1S/C29H33F2N3O4/c1-32-21-8-9-27(15-21)17-33(25(36)20-7-10-29(30,31)14-20)12-11-28(27,38)18-34-16-23(26(32)37)22(13-24(34)35)19-5-3-2-4-6-19/h2-6,13,16,20-21,38H,7-12,14-15,17-18H2,1H3. The van der Waals surface area contributed by atoms with E-state index in [1.165, 1.54) is 10.6 Å². The highest BCUT2D eigenvalue weighted by atomic mass is 19.3. The van der Waals surface area contributed by atoms with Crippen LogP contribution in [0.25, 0.3) is 11.1 Å². The molecule has 2 aliphatic carbocycles. The van der Waals surface area contributed by atoms with Crippen LogP contribution in [0.2, 0.25) is 0 Å². The maximum Gasteiger partial charge on any atom is 0.255 e. The van der Waals surface area contributed by atoms with Gasteiger partial charge in [0, 0.05) is 68.2 Å². The zero-order valence-electron chi connectivity index (χ0n) is 21.5. The topological polar surface area (TPSA) is 82.8 Å². The Kier molecular flexibility index (Phi) is 5.79. The minimum atomic E-state index is -2.81. The number of hydrogen-bond donors (Lipinski definition) is 1. The second-order valence-electron chi connectivity index (χ2n) is 11.9. The first-order chi connectivity index (χ1) is 18.0. The number of piperidine rings is 1. The van der Waals surface area contributed by atoms with Gasteiger partial charge in [-0.05, 0) is 37.7 Å². The Hall–Kier alpha value is -3.07. The van der Waals surface area contributed by atoms with E-state index < -0.39 is 29.3 Å². The highest BCUT2D eigenvalue weighted by Crippen LogP contribution is 2.53. The normalized spacial score (nSPS) is 32.3. The van der Waals surface area contributed by atoms with Gasteiger partial charge in [-0.25, -0.2) is 8.78 Å². The maximum absolute atomic E-state index is 13.9. The van der Waals surface area contributed by atoms with Gasteiger partial charge >= 0.3 is 0 Å². The second kappa shape index (κ2) is 8.73. The van der Waals surface area contributed by atoms with Gasteiger partial charge in [-0.15, -0.1) is 0 Å². The molecule has 1 N–H and O–H groups in total. The molecule has 0 radical (unpaired) electrons. The number of rotatable bonds is 2. The number of carbonyl (C=O) groups excluding carboxylic acids is 2. The molecule has 2 aliphatic heterocycles. The van der Waals surface area contributed by atoms with Gasteiger partial charge in [0.2, 0.25) is 11.8 Å². The molecule has 2 saturated carbocycles. The van der Waals surface area contributed by atoms with Gasteiger partial charge in [0.1, 0.15) is 0 Å². The number of aromatic nitrogens is 1. The molecule has 6 rings (SSSR count). The minimum Gasteiger partial charge on any atom is -0.387 e. The van der Waals surface area contributed by atoms with E-state index in [1.807, 2.05) is 30.3 Å². The molecule has 3 heterocycles. The number of halogens is 2. The van der Waals surface area contributed by atoms with Crippen molar-refractivity contribution in [3.8, 4) is 11.1 Å². The van der Waals surface area contributed by atoms with E-state index >= 15 is 0 Å². The van der Waals surface area contributed by atoms with Crippen molar-refractivity contribution in [2.45, 2.75) is 69.1 Å². The molecule has 2 amide bonds. The zero-order valence-corrected chi connectivity index (χ0v) is 21.5. The summed E-state index contributed by atoms with van der Waals surface area (Å²) in [4.78, 5) is 43.7.